The molecule has 132 valence electrons. The predicted molar refractivity (Wildman–Crippen MR) is 97.7 cm³/mol. The lowest BCUT2D eigenvalue weighted by atomic mass is 10.1. The van der Waals surface area contributed by atoms with Gasteiger partial charge in [0, 0.05) is 10.0 Å². The molecule has 1 saturated heterocycles. The smallest absolute Gasteiger partial charge is 0.341 e. The molecule has 0 spiro atoms. The highest BCUT2D eigenvalue weighted by atomic mass is 79.9. The van der Waals surface area contributed by atoms with E-state index in [-0.39, 0.29) is 11.4 Å². The van der Waals surface area contributed by atoms with Crippen LogP contribution in [0.2, 0.25) is 0 Å². The van der Waals surface area contributed by atoms with E-state index in [1.165, 1.54) is 6.08 Å². The number of urea groups is 1. The predicted octanol–water partition coefficient (Wildman–Crippen LogP) is 3.01. The highest BCUT2D eigenvalue weighted by molar-refractivity contribution is 9.10. The van der Waals surface area contributed by atoms with E-state index in [0.29, 0.717) is 15.7 Å². The number of para-hydroxylation sites is 1. The third-order valence-corrected chi connectivity index (χ3v) is 4.01. The van der Waals surface area contributed by atoms with Crippen LogP contribution in [0.25, 0.3) is 6.08 Å². The quantitative estimate of drug-likeness (QED) is 0.576. The summed E-state index contributed by atoms with van der Waals surface area (Å²) < 4.78 is 5.95. The maximum atomic E-state index is 12.6. The summed E-state index contributed by atoms with van der Waals surface area (Å²) in [6.45, 7) is -0.520. The second-order valence-corrected chi connectivity index (χ2v) is 6.24. The third kappa shape index (κ3) is 3.75. The van der Waals surface area contributed by atoms with E-state index in [1.807, 2.05) is 0 Å². The van der Waals surface area contributed by atoms with Crippen LogP contribution in [0.15, 0.2) is 58.7 Å². The van der Waals surface area contributed by atoms with Crippen molar-refractivity contribution >= 4 is 45.6 Å². The number of nitrogens with one attached hydrogen (secondary N) is 1. The molecule has 7 nitrogen and oxygen atoms in total. The van der Waals surface area contributed by atoms with Gasteiger partial charge in [0.25, 0.3) is 5.91 Å². The minimum atomic E-state index is -1.12. The van der Waals surface area contributed by atoms with Gasteiger partial charge in [-0.05, 0) is 36.4 Å². The molecule has 3 amide bonds. The average Bonchev–Trinajstić information content (AvgIpc) is 2.88. The number of anilines is 1. The number of imide groups is 1. The van der Waals surface area contributed by atoms with Gasteiger partial charge in [-0.15, -0.1) is 0 Å². The number of amides is 3. The molecule has 1 fully saturated rings. The summed E-state index contributed by atoms with van der Waals surface area (Å²) in [5, 5.41) is 11.3. The van der Waals surface area contributed by atoms with Gasteiger partial charge in [0.15, 0.2) is 6.61 Å². The van der Waals surface area contributed by atoms with Crippen molar-refractivity contribution < 1.29 is 24.2 Å². The Balaban J connectivity index is 1.93. The maximum Gasteiger partial charge on any atom is 0.341 e. The Morgan fingerprint density at radius 3 is 2.62 bits per heavy atom. The summed E-state index contributed by atoms with van der Waals surface area (Å²) in [4.78, 5) is 36.6. The fraction of sp³-hybridized carbons (Fsp3) is 0.0556. The number of carbonyl (C=O) groups is 3. The van der Waals surface area contributed by atoms with E-state index in [9.17, 15) is 14.4 Å². The van der Waals surface area contributed by atoms with Crippen LogP contribution in [0.5, 0.6) is 5.75 Å². The zero-order chi connectivity index (χ0) is 18.7. The van der Waals surface area contributed by atoms with Gasteiger partial charge in [0.2, 0.25) is 0 Å². The summed E-state index contributed by atoms with van der Waals surface area (Å²) in [7, 11) is 0. The second-order valence-electron chi connectivity index (χ2n) is 5.33. The summed E-state index contributed by atoms with van der Waals surface area (Å²) in [5.41, 5.74) is 0.978. The molecule has 2 N–H and O–H groups in total. The van der Waals surface area contributed by atoms with Crippen LogP contribution in [0, 0.1) is 0 Å². The van der Waals surface area contributed by atoms with Gasteiger partial charge in [0.1, 0.15) is 11.4 Å². The standard InChI is InChI=1S/C18H13BrN2O5/c19-12-6-7-15(26-10-16(22)23)11(8-12)9-14-17(24)21(18(25)20-14)13-4-2-1-3-5-13/h1-9H,10H2,(H,20,25)(H,22,23)/b14-9+. The van der Waals surface area contributed by atoms with Crippen molar-refractivity contribution in [3.05, 3.63) is 64.3 Å². The van der Waals surface area contributed by atoms with Gasteiger partial charge in [-0.25, -0.2) is 14.5 Å². The number of halogens is 1. The van der Waals surface area contributed by atoms with E-state index in [0.717, 1.165) is 4.90 Å². The number of carboxylic acid groups (broad SMARTS) is 1. The largest absolute Gasteiger partial charge is 0.481 e. The number of hydrogen-bond acceptors (Lipinski definition) is 4. The molecule has 2 aromatic carbocycles. The number of ether oxygens (including phenoxy) is 1. The zero-order valence-corrected chi connectivity index (χ0v) is 14.9. The number of carbonyl (C=O) groups excluding carboxylic acids is 2. The topological polar surface area (TPSA) is 95.9 Å². The van der Waals surface area contributed by atoms with Crippen molar-refractivity contribution in [2.45, 2.75) is 0 Å². The molecule has 3 rings (SSSR count). The zero-order valence-electron chi connectivity index (χ0n) is 13.3. The molecular formula is C18H13BrN2O5. The van der Waals surface area contributed by atoms with Crippen molar-refractivity contribution in [1.82, 2.24) is 5.32 Å². The number of benzene rings is 2. The molecule has 1 heterocycles. The molecule has 8 heteroatoms. The average molecular weight is 417 g/mol. The molecule has 0 atom stereocenters. The first-order valence-electron chi connectivity index (χ1n) is 7.52. The van der Waals surface area contributed by atoms with Gasteiger partial charge in [-0.1, -0.05) is 34.1 Å². The highest BCUT2D eigenvalue weighted by Crippen LogP contribution is 2.28. The molecule has 2 aromatic rings. The van der Waals surface area contributed by atoms with Gasteiger partial charge >= 0.3 is 12.0 Å². The van der Waals surface area contributed by atoms with Crippen LogP contribution in [-0.4, -0.2) is 29.6 Å². The lowest BCUT2D eigenvalue weighted by Crippen LogP contribution is -2.30. The molecule has 1 aliphatic rings. The molecule has 26 heavy (non-hydrogen) atoms. The molecule has 0 aromatic heterocycles. The number of rotatable bonds is 5. The first kappa shape index (κ1) is 17.7. The van der Waals surface area contributed by atoms with Gasteiger partial charge in [-0.2, -0.15) is 0 Å². The fourth-order valence-electron chi connectivity index (χ4n) is 2.41. The summed E-state index contributed by atoms with van der Waals surface area (Å²) in [5.74, 6) is -1.35. The van der Waals surface area contributed by atoms with E-state index in [1.54, 1.807) is 48.5 Å². The van der Waals surface area contributed by atoms with Gasteiger partial charge in [0.05, 0.1) is 5.69 Å². The fourth-order valence-corrected chi connectivity index (χ4v) is 2.78. The molecule has 0 saturated carbocycles. The molecule has 1 aliphatic heterocycles. The Morgan fingerprint density at radius 1 is 1.19 bits per heavy atom. The van der Waals surface area contributed by atoms with E-state index < -0.39 is 24.5 Å². The van der Waals surface area contributed by atoms with Crippen LogP contribution < -0.4 is 15.0 Å². The van der Waals surface area contributed by atoms with E-state index in [2.05, 4.69) is 21.2 Å². The lowest BCUT2D eigenvalue weighted by molar-refractivity contribution is -0.139. The lowest BCUT2D eigenvalue weighted by Gasteiger charge is -2.11. The third-order valence-electron chi connectivity index (χ3n) is 3.52. The Kier molecular flexibility index (Phi) is 5.04. The van der Waals surface area contributed by atoms with E-state index in [4.69, 9.17) is 9.84 Å². The molecular weight excluding hydrogens is 404 g/mol. The molecule has 0 aliphatic carbocycles. The molecule has 0 unspecified atom stereocenters. The summed E-state index contributed by atoms with van der Waals surface area (Å²) in [6, 6.07) is 12.9. The van der Waals surface area contributed by atoms with Gasteiger partial charge in [-0.3, -0.25) is 4.79 Å². The van der Waals surface area contributed by atoms with Crippen LogP contribution in [-0.2, 0) is 9.59 Å². The van der Waals surface area contributed by atoms with Crippen LogP contribution in [0.4, 0.5) is 10.5 Å². The van der Waals surface area contributed by atoms with Crippen molar-refractivity contribution in [3.63, 3.8) is 0 Å². The van der Waals surface area contributed by atoms with Crippen molar-refractivity contribution in [3.8, 4) is 5.75 Å². The van der Waals surface area contributed by atoms with E-state index >= 15 is 0 Å². The molecule has 0 radical (unpaired) electrons. The minimum Gasteiger partial charge on any atom is -0.481 e. The number of nitrogens with zero attached hydrogens (tertiary/aromatic N) is 1. The monoisotopic (exact) mass is 416 g/mol. The SMILES string of the molecule is O=C(O)COc1ccc(Br)cc1/C=C1/NC(=O)N(c2ccccc2)C1=O. The van der Waals surface area contributed by atoms with Crippen LogP contribution >= 0.6 is 15.9 Å². The molecule has 0 bridgehead atoms. The number of carboxylic acids is 1. The number of aliphatic carboxylic acids is 1. The first-order valence-corrected chi connectivity index (χ1v) is 8.31. The Labute approximate surface area is 157 Å². The number of hydrogen-bond donors (Lipinski definition) is 2. The summed E-state index contributed by atoms with van der Waals surface area (Å²) in [6.07, 6.45) is 1.45. The van der Waals surface area contributed by atoms with Crippen molar-refractivity contribution in [2.75, 3.05) is 11.5 Å². The van der Waals surface area contributed by atoms with Gasteiger partial charge < -0.3 is 15.2 Å². The normalized spacial score (nSPS) is 15.3. The first-order chi connectivity index (χ1) is 12.5. The Hall–Kier alpha value is -3.13. The van der Waals surface area contributed by atoms with Crippen LogP contribution in [0.1, 0.15) is 5.56 Å². The Bertz CT molecular complexity index is 911. The Morgan fingerprint density at radius 2 is 1.92 bits per heavy atom. The minimum absolute atomic E-state index is 0.0668. The second kappa shape index (κ2) is 7.40. The van der Waals surface area contributed by atoms with Crippen LogP contribution in [0.3, 0.4) is 0 Å². The van der Waals surface area contributed by atoms with Crippen molar-refractivity contribution in [1.29, 1.82) is 0 Å². The highest BCUT2D eigenvalue weighted by Gasteiger charge is 2.34. The van der Waals surface area contributed by atoms with Crippen molar-refractivity contribution in [2.24, 2.45) is 0 Å². The maximum absolute atomic E-state index is 12.6. The summed E-state index contributed by atoms with van der Waals surface area (Å²) >= 11 is 3.32.